The van der Waals surface area contributed by atoms with E-state index in [1.54, 1.807) is 11.0 Å². The van der Waals surface area contributed by atoms with Gasteiger partial charge in [0.05, 0.1) is 12.5 Å². The lowest BCUT2D eigenvalue weighted by Crippen LogP contribution is -2.28. The van der Waals surface area contributed by atoms with Crippen LogP contribution in [0.4, 0.5) is 0 Å². The molecular weight excluding hydrogens is 198 g/mol. The fourth-order valence-corrected chi connectivity index (χ4v) is 1.63. The van der Waals surface area contributed by atoms with E-state index in [1.165, 1.54) is 6.26 Å². The van der Waals surface area contributed by atoms with E-state index >= 15 is 0 Å². The van der Waals surface area contributed by atoms with Crippen molar-refractivity contribution >= 4 is 11.8 Å². The number of carbonyl (C=O) groups excluding carboxylic acids is 2. The fraction of sp³-hybridized carbons (Fsp3) is 0.444. The van der Waals surface area contributed by atoms with Crippen LogP contribution in [0.5, 0.6) is 0 Å². The van der Waals surface area contributed by atoms with Gasteiger partial charge in [0, 0.05) is 19.0 Å². The fourth-order valence-electron chi connectivity index (χ4n) is 1.63. The molecule has 1 unspecified atom stereocenters. The molecule has 2 rings (SSSR count). The van der Waals surface area contributed by atoms with Gasteiger partial charge in [-0.1, -0.05) is 5.16 Å². The first-order chi connectivity index (χ1) is 7.16. The van der Waals surface area contributed by atoms with Crippen molar-refractivity contribution in [2.75, 3.05) is 6.54 Å². The molecule has 1 aromatic heterocycles. The highest BCUT2D eigenvalue weighted by Gasteiger charge is 2.33. The minimum atomic E-state index is -0.425. The minimum absolute atomic E-state index is 0.0678. The second kappa shape index (κ2) is 3.72. The van der Waals surface area contributed by atoms with Crippen molar-refractivity contribution in [2.24, 2.45) is 11.7 Å². The average Bonchev–Trinajstić information content (AvgIpc) is 2.77. The summed E-state index contributed by atoms with van der Waals surface area (Å²) in [6.07, 6.45) is 1.65. The van der Waals surface area contributed by atoms with Gasteiger partial charge in [-0.15, -0.1) is 0 Å². The average molecular weight is 209 g/mol. The molecule has 2 heterocycles. The van der Waals surface area contributed by atoms with Gasteiger partial charge in [-0.2, -0.15) is 0 Å². The Bertz CT molecular complexity index is 374. The highest BCUT2D eigenvalue weighted by molar-refractivity contribution is 5.88. The summed E-state index contributed by atoms with van der Waals surface area (Å²) in [4.78, 5) is 23.9. The lowest BCUT2D eigenvalue weighted by Gasteiger charge is -2.13. The van der Waals surface area contributed by atoms with E-state index in [-0.39, 0.29) is 18.2 Å². The Morgan fingerprint density at radius 2 is 2.53 bits per heavy atom. The van der Waals surface area contributed by atoms with Gasteiger partial charge in [-0.3, -0.25) is 9.59 Å². The number of hydrogen-bond donors (Lipinski definition) is 1. The number of aromatic nitrogens is 1. The smallest absolute Gasteiger partial charge is 0.223 e. The largest absolute Gasteiger partial charge is 0.369 e. The Hall–Kier alpha value is -1.85. The topological polar surface area (TPSA) is 89.4 Å². The van der Waals surface area contributed by atoms with E-state index in [4.69, 9.17) is 5.73 Å². The first-order valence-corrected chi connectivity index (χ1v) is 4.63. The number of primary amides is 1. The maximum Gasteiger partial charge on any atom is 0.223 e. The lowest BCUT2D eigenvalue weighted by molar-refractivity contribution is -0.128. The molecule has 0 aromatic carbocycles. The standard InChI is InChI=1S/C9H11N3O3/c10-9(14)6-3-8(13)12(4-6)5-7-1-2-15-11-7/h1-2,6H,3-5H2,(H2,10,14). The molecule has 0 bridgehead atoms. The summed E-state index contributed by atoms with van der Waals surface area (Å²) in [5.41, 5.74) is 5.82. The van der Waals surface area contributed by atoms with Crippen molar-refractivity contribution in [1.29, 1.82) is 0 Å². The molecule has 6 heteroatoms. The number of likely N-dealkylation sites (tertiary alicyclic amines) is 1. The summed E-state index contributed by atoms with van der Waals surface area (Å²) in [6.45, 7) is 0.750. The quantitative estimate of drug-likeness (QED) is 0.727. The zero-order chi connectivity index (χ0) is 10.8. The predicted molar refractivity (Wildman–Crippen MR) is 49.2 cm³/mol. The molecule has 2 amide bonds. The Labute approximate surface area is 86.0 Å². The SMILES string of the molecule is NC(=O)C1CC(=O)N(Cc2ccon2)C1. The van der Waals surface area contributed by atoms with Gasteiger partial charge in [-0.25, -0.2) is 0 Å². The number of nitrogens with two attached hydrogens (primary N) is 1. The van der Waals surface area contributed by atoms with Crippen LogP contribution in [0, 0.1) is 5.92 Å². The number of amides is 2. The molecule has 1 atom stereocenters. The van der Waals surface area contributed by atoms with E-state index in [1.807, 2.05) is 0 Å². The van der Waals surface area contributed by atoms with Crippen LogP contribution in [-0.2, 0) is 16.1 Å². The van der Waals surface area contributed by atoms with E-state index < -0.39 is 5.91 Å². The van der Waals surface area contributed by atoms with Crippen LogP contribution in [0.15, 0.2) is 16.9 Å². The summed E-state index contributed by atoms with van der Waals surface area (Å²) in [6, 6.07) is 1.69. The van der Waals surface area contributed by atoms with Crippen LogP contribution in [0.1, 0.15) is 12.1 Å². The molecule has 1 aliphatic rings. The summed E-state index contributed by atoms with van der Waals surface area (Å²) in [7, 11) is 0. The molecule has 0 radical (unpaired) electrons. The van der Waals surface area contributed by atoms with Gasteiger partial charge >= 0.3 is 0 Å². The number of rotatable bonds is 3. The van der Waals surface area contributed by atoms with Crippen LogP contribution < -0.4 is 5.73 Å². The van der Waals surface area contributed by atoms with Crippen molar-refractivity contribution in [3.05, 3.63) is 18.0 Å². The van der Waals surface area contributed by atoms with Crippen LogP contribution in [-0.4, -0.2) is 28.4 Å². The Balaban J connectivity index is 2.00. The molecule has 2 N–H and O–H groups in total. The van der Waals surface area contributed by atoms with Gasteiger partial charge in [0.2, 0.25) is 11.8 Å². The Morgan fingerprint density at radius 1 is 1.73 bits per heavy atom. The molecule has 6 nitrogen and oxygen atoms in total. The zero-order valence-electron chi connectivity index (χ0n) is 8.05. The van der Waals surface area contributed by atoms with Crippen LogP contribution in [0.3, 0.4) is 0 Å². The molecule has 1 fully saturated rings. The summed E-state index contributed by atoms with van der Waals surface area (Å²) in [5, 5.41) is 3.70. The first kappa shape index (κ1) is 9.70. The summed E-state index contributed by atoms with van der Waals surface area (Å²) in [5.74, 6) is -0.864. The van der Waals surface area contributed by atoms with Crippen molar-refractivity contribution in [1.82, 2.24) is 10.1 Å². The summed E-state index contributed by atoms with van der Waals surface area (Å²) >= 11 is 0. The van der Waals surface area contributed by atoms with Crippen molar-refractivity contribution < 1.29 is 14.1 Å². The molecule has 0 spiro atoms. The second-order valence-corrected chi connectivity index (χ2v) is 3.57. The van der Waals surface area contributed by atoms with Crippen molar-refractivity contribution in [3.8, 4) is 0 Å². The van der Waals surface area contributed by atoms with E-state index in [2.05, 4.69) is 9.68 Å². The zero-order valence-corrected chi connectivity index (χ0v) is 8.05. The van der Waals surface area contributed by atoms with Gasteiger partial charge in [0.1, 0.15) is 12.0 Å². The monoisotopic (exact) mass is 209 g/mol. The van der Waals surface area contributed by atoms with Gasteiger partial charge in [0.15, 0.2) is 0 Å². The highest BCUT2D eigenvalue weighted by atomic mass is 16.5. The lowest BCUT2D eigenvalue weighted by atomic mass is 10.1. The molecule has 0 saturated carbocycles. The van der Waals surface area contributed by atoms with Gasteiger partial charge < -0.3 is 15.2 Å². The van der Waals surface area contributed by atoms with Crippen molar-refractivity contribution in [2.45, 2.75) is 13.0 Å². The molecule has 80 valence electrons. The first-order valence-electron chi connectivity index (χ1n) is 4.63. The molecular formula is C9H11N3O3. The minimum Gasteiger partial charge on any atom is -0.369 e. The van der Waals surface area contributed by atoms with E-state index in [0.29, 0.717) is 18.8 Å². The predicted octanol–water partition coefficient (Wildman–Crippen LogP) is -0.492. The number of nitrogens with zero attached hydrogens (tertiary/aromatic N) is 2. The molecule has 1 aliphatic heterocycles. The molecule has 1 aromatic rings. The molecule has 0 aliphatic carbocycles. The number of hydrogen-bond acceptors (Lipinski definition) is 4. The highest BCUT2D eigenvalue weighted by Crippen LogP contribution is 2.19. The third kappa shape index (κ3) is 1.98. The maximum absolute atomic E-state index is 11.5. The number of carbonyl (C=O) groups is 2. The van der Waals surface area contributed by atoms with E-state index in [0.717, 1.165) is 0 Å². The molecule has 15 heavy (non-hydrogen) atoms. The third-order valence-electron chi connectivity index (χ3n) is 2.46. The Morgan fingerprint density at radius 3 is 3.07 bits per heavy atom. The van der Waals surface area contributed by atoms with E-state index in [9.17, 15) is 9.59 Å². The van der Waals surface area contributed by atoms with Gasteiger partial charge in [0.25, 0.3) is 0 Å². The Kier molecular flexibility index (Phi) is 2.40. The second-order valence-electron chi connectivity index (χ2n) is 3.57. The molecule has 1 saturated heterocycles. The maximum atomic E-state index is 11.5. The van der Waals surface area contributed by atoms with Gasteiger partial charge in [-0.05, 0) is 0 Å². The van der Waals surface area contributed by atoms with Crippen molar-refractivity contribution in [3.63, 3.8) is 0 Å². The third-order valence-corrected chi connectivity index (χ3v) is 2.46. The van der Waals surface area contributed by atoms with Crippen LogP contribution in [0.2, 0.25) is 0 Å². The summed E-state index contributed by atoms with van der Waals surface area (Å²) < 4.78 is 4.65. The normalized spacial score (nSPS) is 20.9. The van der Waals surface area contributed by atoms with Crippen LogP contribution in [0.25, 0.3) is 0 Å². The van der Waals surface area contributed by atoms with Crippen LogP contribution >= 0.6 is 0 Å².